The molecule has 0 fully saturated rings. The number of fused-ring (bicyclic) bond motifs is 5. The highest BCUT2D eigenvalue weighted by atomic mass is 16.5. The minimum Gasteiger partial charge on any atom is -0.496 e. The number of hydrogen-bond donors (Lipinski definition) is 0. The topological polar surface area (TPSA) is 43.4 Å². The Morgan fingerprint density at radius 1 is 1.05 bits per heavy atom. The molecular formula is C16H12O3. The molecule has 0 aromatic heterocycles. The second kappa shape index (κ2) is 3.44. The summed E-state index contributed by atoms with van der Waals surface area (Å²) in [5.41, 5.74) is 2.35. The lowest BCUT2D eigenvalue weighted by atomic mass is 9.79. The SMILES string of the molecule is COc1cccc2c1C(=O)C1=C(C2=O)C2C=CC1C2. The minimum absolute atomic E-state index is 0.000324. The molecule has 0 saturated heterocycles. The molecule has 0 radical (unpaired) electrons. The number of benzene rings is 1. The number of Topliss-reactive ketones (excluding diaryl/α,β-unsaturated/α-hetero) is 2. The lowest BCUT2D eigenvalue weighted by Crippen LogP contribution is -2.24. The number of allylic oxidation sites excluding steroid dienone is 4. The monoisotopic (exact) mass is 252 g/mol. The number of rotatable bonds is 1. The standard InChI is InChI=1S/C16H12O3/c1-19-11-4-2-3-10-14(11)16(18)13-9-6-5-8(7-9)12(13)15(10)17/h2-6,8-9H,7H2,1H3. The first-order chi connectivity index (χ1) is 9.22. The summed E-state index contributed by atoms with van der Waals surface area (Å²) in [5.74, 6) is 0.721. The van der Waals surface area contributed by atoms with Gasteiger partial charge < -0.3 is 4.74 Å². The molecule has 3 aliphatic carbocycles. The van der Waals surface area contributed by atoms with Crippen molar-refractivity contribution in [2.24, 2.45) is 11.8 Å². The van der Waals surface area contributed by atoms with Gasteiger partial charge in [-0.3, -0.25) is 9.59 Å². The maximum absolute atomic E-state index is 12.7. The van der Waals surface area contributed by atoms with Crippen LogP contribution in [0.4, 0.5) is 0 Å². The predicted octanol–water partition coefficient (Wildman–Crippen LogP) is 2.58. The molecule has 3 heteroatoms. The van der Waals surface area contributed by atoms with Crippen molar-refractivity contribution in [3.05, 3.63) is 52.6 Å². The number of methoxy groups -OCH3 is 1. The summed E-state index contributed by atoms with van der Waals surface area (Å²) in [5, 5.41) is 0. The zero-order valence-electron chi connectivity index (χ0n) is 10.5. The summed E-state index contributed by atoms with van der Waals surface area (Å²) in [6.45, 7) is 0. The Balaban J connectivity index is 1.98. The summed E-state index contributed by atoms with van der Waals surface area (Å²) < 4.78 is 5.25. The average molecular weight is 252 g/mol. The van der Waals surface area contributed by atoms with E-state index in [1.807, 2.05) is 0 Å². The molecule has 3 aliphatic rings. The van der Waals surface area contributed by atoms with Crippen LogP contribution >= 0.6 is 0 Å². The molecule has 0 aliphatic heterocycles. The summed E-state index contributed by atoms with van der Waals surface area (Å²) in [6, 6.07) is 5.22. The van der Waals surface area contributed by atoms with Crippen LogP contribution in [0.15, 0.2) is 41.5 Å². The van der Waals surface area contributed by atoms with Gasteiger partial charge in [0.15, 0.2) is 11.6 Å². The molecule has 3 nitrogen and oxygen atoms in total. The van der Waals surface area contributed by atoms with Crippen LogP contribution in [-0.4, -0.2) is 18.7 Å². The van der Waals surface area contributed by atoms with Crippen molar-refractivity contribution >= 4 is 11.6 Å². The molecule has 2 atom stereocenters. The second-order valence-electron chi connectivity index (χ2n) is 5.20. The van der Waals surface area contributed by atoms with E-state index < -0.39 is 0 Å². The van der Waals surface area contributed by atoms with Crippen LogP contribution in [0, 0.1) is 11.8 Å². The van der Waals surface area contributed by atoms with E-state index in [1.165, 1.54) is 7.11 Å². The molecule has 1 aromatic rings. The predicted molar refractivity (Wildman–Crippen MR) is 69.4 cm³/mol. The normalized spacial score (nSPS) is 26.8. The Morgan fingerprint density at radius 3 is 2.42 bits per heavy atom. The van der Waals surface area contributed by atoms with E-state index in [0.717, 1.165) is 12.0 Å². The Kier molecular flexibility index (Phi) is 1.94. The Labute approximate surface area is 110 Å². The summed E-state index contributed by atoms with van der Waals surface area (Å²) >= 11 is 0. The number of ketones is 2. The fraction of sp³-hybridized carbons (Fsp3) is 0.250. The molecule has 0 heterocycles. The van der Waals surface area contributed by atoms with Crippen LogP contribution < -0.4 is 4.74 Å². The van der Waals surface area contributed by atoms with E-state index in [4.69, 9.17) is 4.74 Å². The molecule has 0 saturated carbocycles. The van der Waals surface area contributed by atoms with E-state index in [0.29, 0.717) is 22.4 Å². The fourth-order valence-electron chi connectivity index (χ4n) is 3.51. The third-order valence-electron chi connectivity index (χ3n) is 4.32. The van der Waals surface area contributed by atoms with Crippen molar-refractivity contribution in [1.29, 1.82) is 0 Å². The van der Waals surface area contributed by atoms with Crippen LogP contribution in [0.3, 0.4) is 0 Å². The molecule has 2 unspecified atom stereocenters. The van der Waals surface area contributed by atoms with Gasteiger partial charge in [-0.1, -0.05) is 24.3 Å². The van der Waals surface area contributed by atoms with Crippen LogP contribution in [0.1, 0.15) is 27.1 Å². The lowest BCUT2D eigenvalue weighted by molar-refractivity contribution is 0.0967. The Bertz CT molecular complexity index is 694. The third kappa shape index (κ3) is 1.17. The van der Waals surface area contributed by atoms with Crippen molar-refractivity contribution in [1.82, 2.24) is 0 Å². The van der Waals surface area contributed by atoms with Gasteiger partial charge in [0.2, 0.25) is 0 Å². The number of carbonyl (C=O) groups excluding carboxylic acids is 2. The van der Waals surface area contributed by atoms with Crippen molar-refractivity contribution in [2.45, 2.75) is 6.42 Å². The fourth-order valence-corrected chi connectivity index (χ4v) is 3.51. The van der Waals surface area contributed by atoms with Gasteiger partial charge in [0.25, 0.3) is 0 Å². The highest BCUT2D eigenvalue weighted by molar-refractivity contribution is 6.29. The van der Waals surface area contributed by atoms with E-state index >= 15 is 0 Å². The van der Waals surface area contributed by atoms with Gasteiger partial charge in [-0.15, -0.1) is 0 Å². The minimum atomic E-state index is -0.0288. The van der Waals surface area contributed by atoms with E-state index in [9.17, 15) is 9.59 Å². The Hall–Kier alpha value is -2.16. The molecule has 19 heavy (non-hydrogen) atoms. The quantitative estimate of drug-likeness (QED) is 0.721. The Morgan fingerprint density at radius 2 is 1.74 bits per heavy atom. The van der Waals surface area contributed by atoms with E-state index in [1.54, 1.807) is 18.2 Å². The largest absolute Gasteiger partial charge is 0.496 e. The van der Waals surface area contributed by atoms with Crippen LogP contribution in [0.2, 0.25) is 0 Å². The van der Waals surface area contributed by atoms with Gasteiger partial charge >= 0.3 is 0 Å². The maximum atomic E-state index is 12.7. The van der Waals surface area contributed by atoms with E-state index in [2.05, 4.69) is 12.2 Å². The third-order valence-corrected chi connectivity index (χ3v) is 4.32. The molecule has 1 aromatic carbocycles. The highest BCUT2D eigenvalue weighted by Gasteiger charge is 2.46. The molecule has 4 rings (SSSR count). The number of ether oxygens (including phenoxy) is 1. The van der Waals surface area contributed by atoms with Gasteiger partial charge in [-0.2, -0.15) is 0 Å². The molecular weight excluding hydrogens is 240 g/mol. The van der Waals surface area contributed by atoms with Gasteiger partial charge in [0.1, 0.15) is 5.75 Å². The van der Waals surface area contributed by atoms with Gasteiger partial charge in [0.05, 0.1) is 12.7 Å². The maximum Gasteiger partial charge on any atom is 0.194 e. The van der Waals surface area contributed by atoms with Crippen LogP contribution in [0.25, 0.3) is 0 Å². The number of hydrogen-bond acceptors (Lipinski definition) is 3. The summed E-state index contributed by atoms with van der Waals surface area (Å²) in [4.78, 5) is 25.3. The zero-order chi connectivity index (χ0) is 13.1. The average Bonchev–Trinajstić information content (AvgIpc) is 3.04. The van der Waals surface area contributed by atoms with Crippen molar-refractivity contribution < 1.29 is 14.3 Å². The second-order valence-corrected chi connectivity index (χ2v) is 5.20. The zero-order valence-corrected chi connectivity index (χ0v) is 10.5. The number of carbonyl (C=O) groups is 2. The summed E-state index contributed by atoms with van der Waals surface area (Å²) in [6.07, 6.45) is 4.98. The van der Waals surface area contributed by atoms with E-state index in [-0.39, 0.29) is 23.4 Å². The highest BCUT2D eigenvalue weighted by Crippen LogP contribution is 2.49. The first kappa shape index (κ1) is 10.7. The van der Waals surface area contributed by atoms with Crippen molar-refractivity contribution in [2.75, 3.05) is 7.11 Å². The summed E-state index contributed by atoms with van der Waals surface area (Å²) in [7, 11) is 1.53. The molecule has 2 bridgehead atoms. The molecule has 0 N–H and O–H groups in total. The first-order valence-electron chi connectivity index (χ1n) is 6.41. The van der Waals surface area contributed by atoms with Gasteiger partial charge in [-0.05, 0) is 12.5 Å². The van der Waals surface area contributed by atoms with Gasteiger partial charge in [0, 0.05) is 28.5 Å². The van der Waals surface area contributed by atoms with Crippen molar-refractivity contribution in [3.63, 3.8) is 0 Å². The first-order valence-corrected chi connectivity index (χ1v) is 6.41. The smallest absolute Gasteiger partial charge is 0.194 e. The van der Waals surface area contributed by atoms with Crippen molar-refractivity contribution in [3.8, 4) is 5.75 Å². The molecule has 0 spiro atoms. The molecule has 0 amide bonds. The van der Waals surface area contributed by atoms with Crippen LogP contribution in [-0.2, 0) is 0 Å². The van der Waals surface area contributed by atoms with Gasteiger partial charge in [-0.25, -0.2) is 0 Å². The lowest BCUT2D eigenvalue weighted by Gasteiger charge is -2.23. The molecule has 94 valence electrons. The van der Waals surface area contributed by atoms with Crippen LogP contribution in [0.5, 0.6) is 5.75 Å².